The zero-order chi connectivity index (χ0) is 9.90. The molecule has 1 aromatic rings. The molecular formula is C11H13FO. The highest BCUT2D eigenvalue weighted by Gasteiger charge is 2.20. The molecule has 0 saturated carbocycles. The van der Waals surface area contributed by atoms with Gasteiger partial charge >= 0.3 is 0 Å². The Kier molecular flexibility index (Phi) is 2.83. The molecule has 0 saturated heterocycles. The van der Waals surface area contributed by atoms with E-state index in [1.54, 1.807) is 25.1 Å². The summed E-state index contributed by atoms with van der Waals surface area (Å²) in [4.78, 5) is 0. The summed E-state index contributed by atoms with van der Waals surface area (Å²) in [6.07, 6.45) is 2.10. The second-order valence-electron chi connectivity index (χ2n) is 3.27. The van der Waals surface area contributed by atoms with E-state index in [0.29, 0.717) is 12.0 Å². The average Bonchev–Trinajstić information content (AvgIpc) is 2.05. The van der Waals surface area contributed by atoms with Crippen molar-refractivity contribution in [2.75, 3.05) is 0 Å². The lowest BCUT2D eigenvalue weighted by molar-refractivity contribution is 0.0606. The molecule has 13 heavy (non-hydrogen) atoms. The Labute approximate surface area is 77.5 Å². The second kappa shape index (κ2) is 3.71. The average molecular weight is 180 g/mol. The molecule has 0 aliphatic heterocycles. The molecule has 0 bridgehead atoms. The minimum Gasteiger partial charge on any atom is -0.385 e. The van der Waals surface area contributed by atoms with Crippen molar-refractivity contribution in [3.63, 3.8) is 0 Å². The Bertz CT molecular complexity index is 287. The Hall–Kier alpha value is -1.15. The van der Waals surface area contributed by atoms with Crippen LogP contribution in [0.15, 0.2) is 36.9 Å². The van der Waals surface area contributed by atoms with Gasteiger partial charge in [-0.3, -0.25) is 0 Å². The van der Waals surface area contributed by atoms with Crippen molar-refractivity contribution in [1.29, 1.82) is 0 Å². The molecule has 2 heteroatoms. The smallest absolute Gasteiger partial charge is 0.123 e. The first-order valence-corrected chi connectivity index (χ1v) is 4.15. The van der Waals surface area contributed by atoms with Crippen molar-refractivity contribution in [2.24, 2.45) is 0 Å². The van der Waals surface area contributed by atoms with Crippen LogP contribution >= 0.6 is 0 Å². The summed E-state index contributed by atoms with van der Waals surface area (Å²) in [5, 5.41) is 9.88. The van der Waals surface area contributed by atoms with Gasteiger partial charge in [-0.2, -0.15) is 0 Å². The highest BCUT2D eigenvalue weighted by Crippen LogP contribution is 2.24. The van der Waals surface area contributed by atoms with Gasteiger partial charge in [0.2, 0.25) is 0 Å². The summed E-state index contributed by atoms with van der Waals surface area (Å²) < 4.78 is 12.6. The van der Waals surface area contributed by atoms with Crippen molar-refractivity contribution in [3.8, 4) is 0 Å². The largest absolute Gasteiger partial charge is 0.385 e. The van der Waals surface area contributed by atoms with Gasteiger partial charge in [0.15, 0.2) is 0 Å². The Balaban J connectivity index is 2.93. The van der Waals surface area contributed by atoms with E-state index in [1.165, 1.54) is 12.1 Å². The van der Waals surface area contributed by atoms with Crippen LogP contribution in [0.25, 0.3) is 0 Å². The standard InChI is InChI=1S/C11H13FO/c1-3-8-11(2,13)9-4-6-10(12)7-5-9/h3-7,13H,1,8H2,2H3/t11-/m0/s1. The topological polar surface area (TPSA) is 20.2 Å². The van der Waals surface area contributed by atoms with E-state index in [-0.39, 0.29) is 5.82 Å². The van der Waals surface area contributed by atoms with Gasteiger partial charge in [0, 0.05) is 0 Å². The van der Waals surface area contributed by atoms with Crippen molar-refractivity contribution >= 4 is 0 Å². The minimum atomic E-state index is -0.949. The van der Waals surface area contributed by atoms with Crippen LogP contribution < -0.4 is 0 Å². The SMILES string of the molecule is C=CC[C@](C)(O)c1ccc(F)cc1. The molecule has 0 amide bonds. The summed E-state index contributed by atoms with van der Waals surface area (Å²) >= 11 is 0. The van der Waals surface area contributed by atoms with Gasteiger partial charge in [0.05, 0.1) is 5.60 Å². The minimum absolute atomic E-state index is 0.293. The van der Waals surface area contributed by atoms with E-state index < -0.39 is 5.60 Å². The lowest BCUT2D eigenvalue weighted by Crippen LogP contribution is -2.19. The number of aliphatic hydroxyl groups is 1. The first kappa shape index (κ1) is 9.93. The molecule has 0 aliphatic rings. The molecule has 0 aliphatic carbocycles. The van der Waals surface area contributed by atoms with Crippen LogP contribution in [0.4, 0.5) is 4.39 Å². The molecule has 0 radical (unpaired) electrons. The molecule has 1 N–H and O–H groups in total. The molecule has 70 valence electrons. The highest BCUT2D eigenvalue weighted by atomic mass is 19.1. The van der Waals surface area contributed by atoms with E-state index in [1.807, 2.05) is 0 Å². The van der Waals surface area contributed by atoms with Crippen LogP contribution in [0.3, 0.4) is 0 Å². The van der Waals surface area contributed by atoms with Crippen LogP contribution in [0.1, 0.15) is 18.9 Å². The van der Waals surface area contributed by atoms with E-state index in [4.69, 9.17) is 0 Å². The fourth-order valence-electron chi connectivity index (χ4n) is 1.21. The number of rotatable bonds is 3. The van der Waals surface area contributed by atoms with Crippen molar-refractivity contribution in [2.45, 2.75) is 18.9 Å². The molecule has 1 atom stereocenters. The summed E-state index contributed by atoms with van der Waals surface area (Å²) in [7, 11) is 0. The van der Waals surface area contributed by atoms with E-state index in [2.05, 4.69) is 6.58 Å². The maximum atomic E-state index is 12.6. The van der Waals surface area contributed by atoms with Gasteiger partial charge in [-0.05, 0) is 31.0 Å². The van der Waals surface area contributed by atoms with Gasteiger partial charge in [-0.1, -0.05) is 18.2 Å². The first-order valence-electron chi connectivity index (χ1n) is 4.15. The third-order valence-electron chi connectivity index (χ3n) is 2.01. The van der Waals surface area contributed by atoms with Crippen LogP contribution in [-0.2, 0) is 5.60 Å². The maximum Gasteiger partial charge on any atom is 0.123 e. The third-order valence-corrected chi connectivity index (χ3v) is 2.01. The molecule has 0 unspecified atom stereocenters. The summed E-state index contributed by atoms with van der Waals surface area (Å²) in [6, 6.07) is 5.84. The molecule has 1 rings (SSSR count). The highest BCUT2D eigenvalue weighted by molar-refractivity contribution is 5.22. The summed E-state index contributed by atoms with van der Waals surface area (Å²) in [6.45, 7) is 5.24. The predicted molar refractivity (Wildman–Crippen MR) is 50.8 cm³/mol. The zero-order valence-corrected chi connectivity index (χ0v) is 7.63. The number of benzene rings is 1. The zero-order valence-electron chi connectivity index (χ0n) is 7.63. The quantitative estimate of drug-likeness (QED) is 0.709. The van der Waals surface area contributed by atoms with Crippen molar-refractivity contribution in [3.05, 3.63) is 48.3 Å². The van der Waals surface area contributed by atoms with Gasteiger partial charge in [0.25, 0.3) is 0 Å². The van der Waals surface area contributed by atoms with Gasteiger partial charge in [0.1, 0.15) is 5.82 Å². The molecule has 0 aromatic heterocycles. The van der Waals surface area contributed by atoms with Crippen molar-refractivity contribution in [1.82, 2.24) is 0 Å². The molecule has 0 fully saturated rings. The lowest BCUT2D eigenvalue weighted by Gasteiger charge is -2.21. The molecular weight excluding hydrogens is 167 g/mol. The second-order valence-corrected chi connectivity index (χ2v) is 3.27. The fraction of sp³-hybridized carbons (Fsp3) is 0.273. The van der Waals surface area contributed by atoms with Crippen LogP contribution in [0, 0.1) is 5.82 Å². The Morgan fingerprint density at radius 3 is 2.46 bits per heavy atom. The van der Waals surface area contributed by atoms with Crippen LogP contribution in [0.5, 0.6) is 0 Å². The molecule has 0 heterocycles. The van der Waals surface area contributed by atoms with Crippen LogP contribution in [0.2, 0.25) is 0 Å². The van der Waals surface area contributed by atoms with Gasteiger partial charge in [-0.15, -0.1) is 6.58 Å². The Morgan fingerprint density at radius 2 is 2.00 bits per heavy atom. The van der Waals surface area contributed by atoms with E-state index >= 15 is 0 Å². The van der Waals surface area contributed by atoms with E-state index in [9.17, 15) is 9.50 Å². The predicted octanol–water partition coefficient (Wildman–Crippen LogP) is 2.61. The lowest BCUT2D eigenvalue weighted by atomic mass is 9.93. The van der Waals surface area contributed by atoms with E-state index in [0.717, 1.165) is 0 Å². The fourth-order valence-corrected chi connectivity index (χ4v) is 1.21. The molecule has 1 nitrogen and oxygen atoms in total. The molecule has 1 aromatic carbocycles. The van der Waals surface area contributed by atoms with Gasteiger partial charge < -0.3 is 5.11 Å². The monoisotopic (exact) mass is 180 g/mol. The maximum absolute atomic E-state index is 12.6. The van der Waals surface area contributed by atoms with Crippen LogP contribution in [-0.4, -0.2) is 5.11 Å². The number of hydrogen-bond acceptors (Lipinski definition) is 1. The van der Waals surface area contributed by atoms with Crippen molar-refractivity contribution < 1.29 is 9.50 Å². The van der Waals surface area contributed by atoms with Gasteiger partial charge in [-0.25, -0.2) is 4.39 Å². The number of hydrogen-bond donors (Lipinski definition) is 1. The number of halogens is 1. The summed E-state index contributed by atoms with van der Waals surface area (Å²) in [5.74, 6) is -0.293. The normalized spacial score (nSPS) is 15.0. The Morgan fingerprint density at radius 1 is 1.46 bits per heavy atom. The summed E-state index contributed by atoms with van der Waals surface area (Å²) in [5.41, 5.74) is -0.246. The third kappa shape index (κ3) is 2.39. The molecule has 0 spiro atoms. The first-order chi connectivity index (χ1) is 6.06.